The first-order chi connectivity index (χ1) is 10.5. The minimum atomic E-state index is -1.01. The molecule has 0 saturated heterocycles. The van der Waals surface area contributed by atoms with Gasteiger partial charge in [-0.1, -0.05) is 22.8 Å². The van der Waals surface area contributed by atoms with Crippen molar-refractivity contribution in [2.75, 3.05) is 6.54 Å². The van der Waals surface area contributed by atoms with E-state index in [1.54, 1.807) is 6.92 Å². The Bertz CT molecular complexity index is 663. The maximum absolute atomic E-state index is 13.3. The first-order valence-corrected chi connectivity index (χ1v) is 7.02. The van der Waals surface area contributed by atoms with Gasteiger partial charge in [0.05, 0.1) is 11.1 Å². The van der Waals surface area contributed by atoms with E-state index in [4.69, 9.17) is 16.1 Å². The Morgan fingerprint density at radius 3 is 2.95 bits per heavy atom. The number of hydrogen-bond donors (Lipinski definition) is 2. The van der Waals surface area contributed by atoms with E-state index in [-0.39, 0.29) is 23.9 Å². The largest absolute Gasteiger partial charge is 0.387 e. The monoisotopic (exact) mass is 327 g/mol. The van der Waals surface area contributed by atoms with Crippen LogP contribution in [0.15, 0.2) is 22.7 Å². The number of halogens is 2. The van der Waals surface area contributed by atoms with Crippen LogP contribution in [0.3, 0.4) is 0 Å². The number of benzene rings is 1. The summed E-state index contributed by atoms with van der Waals surface area (Å²) in [5.41, 5.74) is 0.342. The normalized spacial score (nSPS) is 12.2. The standard InChI is InChI=1S/C14H15ClFN3O3/c1-8-18-14(22-19-8)5-4-13(21)17-7-12(20)9-2-3-10(15)11(16)6-9/h2-3,6,12,20H,4-5,7H2,1H3,(H,17,21). The number of aliphatic hydroxyl groups excluding tert-OH is 1. The van der Waals surface area contributed by atoms with Crippen molar-refractivity contribution in [2.24, 2.45) is 0 Å². The molecule has 1 atom stereocenters. The Morgan fingerprint density at radius 1 is 1.55 bits per heavy atom. The molecule has 6 nitrogen and oxygen atoms in total. The number of carbonyl (C=O) groups is 1. The minimum absolute atomic E-state index is 0.0187. The van der Waals surface area contributed by atoms with E-state index >= 15 is 0 Å². The summed E-state index contributed by atoms with van der Waals surface area (Å²) >= 11 is 5.57. The van der Waals surface area contributed by atoms with Gasteiger partial charge in [0.15, 0.2) is 5.82 Å². The summed E-state index contributed by atoms with van der Waals surface area (Å²) in [5, 5.41) is 16.1. The SMILES string of the molecule is Cc1noc(CCC(=O)NCC(O)c2ccc(Cl)c(F)c2)n1. The molecule has 2 N–H and O–H groups in total. The van der Waals surface area contributed by atoms with Crippen LogP contribution in [-0.2, 0) is 11.2 Å². The Labute approximate surface area is 131 Å². The van der Waals surface area contributed by atoms with Crippen LogP contribution in [0.25, 0.3) is 0 Å². The summed E-state index contributed by atoms with van der Waals surface area (Å²) in [7, 11) is 0. The lowest BCUT2D eigenvalue weighted by Gasteiger charge is -2.12. The molecule has 1 unspecified atom stereocenters. The van der Waals surface area contributed by atoms with Crippen LogP contribution in [0.4, 0.5) is 4.39 Å². The fourth-order valence-corrected chi connectivity index (χ4v) is 1.92. The van der Waals surface area contributed by atoms with Crippen LogP contribution in [0.5, 0.6) is 0 Å². The van der Waals surface area contributed by atoms with E-state index in [1.807, 2.05) is 0 Å². The highest BCUT2D eigenvalue weighted by atomic mass is 35.5. The molecule has 0 radical (unpaired) electrons. The summed E-state index contributed by atoms with van der Waals surface area (Å²) in [6.07, 6.45) is -0.539. The summed E-state index contributed by atoms with van der Waals surface area (Å²) in [6.45, 7) is 1.66. The van der Waals surface area contributed by atoms with Gasteiger partial charge < -0.3 is 14.9 Å². The number of nitrogens with zero attached hydrogens (tertiary/aromatic N) is 2. The topological polar surface area (TPSA) is 88.2 Å². The molecule has 1 aromatic heterocycles. The van der Waals surface area contributed by atoms with Crippen molar-refractivity contribution in [2.45, 2.75) is 25.9 Å². The molecule has 0 fully saturated rings. The number of aliphatic hydroxyl groups is 1. The molecule has 0 aliphatic carbocycles. The molecule has 0 aliphatic rings. The van der Waals surface area contributed by atoms with E-state index in [2.05, 4.69) is 15.5 Å². The fraction of sp³-hybridized carbons (Fsp3) is 0.357. The van der Waals surface area contributed by atoms with Crippen LogP contribution < -0.4 is 5.32 Å². The fourth-order valence-electron chi connectivity index (χ4n) is 1.80. The summed E-state index contributed by atoms with van der Waals surface area (Å²) < 4.78 is 18.2. The van der Waals surface area contributed by atoms with Gasteiger partial charge in [0.1, 0.15) is 5.82 Å². The lowest BCUT2D eigenvalue weighted by Crippen LogP contribution is -2.28. The molecule has 0 aliphatic heterocycles. The highest BCUT2D eigenvalue weighted by molar-refractivity contribution is 6.30. The molecule has 1 amide bonds. The summed E-state index contributed by atoms with van der Waals surface area (Å²) in [5.74, 6) is 0.00390. The van der Waals surface area contributed by atoms with Gasteiger partial charge in [0.25, 0.3) is 0 Å². The molecule has 1 heterocycles. The predicted molar refractivity (Wildman–Crippen MR) is 76.7 cm³/mol. The summed E-state index contributed by atoms with van der Waals surface area (Å²) in [6, 6.07) is 4.00. The quantitative estimate of drug-likeness (QED) is 0.846. The van der Waals surface area contributed by atoms with Crippen molar-refractivity contribution >= 4 is 17.5 Å². The average Bonchev–Trinajstić information content (AvgIpc) is 2.91. The molecular weight excluding hydrogens is 313 g/mol. The first kappa shape index (κ1) is 16.4. The van der Waals surface area contributed by atoms with Gasteiger partial charge in [-0.2, -0.15) is 4.98 Å². The van der Waals surface area contributed by atoms with Crippen LogP contribution in [-0.4, -0.2) is 27.7 Å². The van der Waals surface area contributed by atoms with Crippen LogP contribution in [0, 0.1) is 12.7 Å². The Hall–Kier alpha value is -1.99. The number of carbonyl (C=O) groups excluding carboxylic acids is 1. The number of rotatable bonds is 6. The zero-order valence-electron chi connectivity index (χ0n) is 11.8. The zero-order chi connectivity index (χ0) is 16.1. The van der Waals surface area contributed by atoms with Gasteiger partial charge in [-0.3, -0.25) is 4.79 Å². The van der Waals surface area contributed by atoms with Crippen molar-refractivity contribution in [1.82, 2.24) is 15.5 Å². The number of aromatic nitrogens is 2. The number of nitrogens with one attached hydrogen (secondary N) is 1. The molecule has 2 rings (SSSR count). The maximum atomic E-state index is 13.3. The molecule has 8 heteroatoms. The highest BCUT2D eigenvalue weighted by Crippen LogP contribution is 2.19. The van der Waals surface area contributed by atoms with E-state index in [0.717, 1.165) is 6.07 Å². The van der Waals surface area contributed by atoms with Gasteiger partial charge in [-0.15, -0.1) is 0 Å². The number of aryl methyl sites for hydroxylation is 2. The highest BCUT2D eigenvalue weighted by Gasteiger charge is 2.12. The Morgan fingerprint density at radius 2 is 2.32 bits per heavy atom. The van der Waals surface area contributed by atoms with Crippen LogP contribution in [0.1, 0.15) is 29.8 Å². The van der Waals surface area contributed by atoms with Crippen LogP contribution >= 0.6 is 11.6 Å². The molecule has 1 aromatic carbocycles. The van der Waals surface area contributed by atoms with E-state index in [1.165, 1.54) is 12.1 Å². The molecular formula is C14H15ClFN3O3. The second kappa shape index (κ2) is 7.33. The molecule has 118 valence electrons. The van der Waals surface area contributed by atoms with Crippen molar-refractivity contribution in [3.8, 4) is 0 Å². The second-order valence-electron chi connectivity index (χ2n) is 4.73. The summed E-state index contributed by atoms with van der Waals surface area (Å²) in [4.78, 5) is 15.7. The van der Waals surface area contributed by atoms with Crippen molar-refractivity contribution in [1.29, 1.82) is 0 Å². The number of amides is 1. The third-order valence-corrected chi connectivity index (χ3v) is 3.26. The Kier molecular flexibility index (Phi) is 5.46. The first-order valence-electron chi connectivity index (χ1n) is 6.64. The maximum Gasteiger partial charge on any atom is 0.227 e. The Balaban J connectivity index is 1.78. The van der Waals surface area contributed by atoms with Gasteiger partial charge in [0, 0.05) is 19.4 Å². The number of hydrogen-bond acceptors (Lipinski definition) is 5. The van der Waals surface area contributed by atoms with Gasteiger partial charge in [-0.25, -0.2) is 4.39 Å². The third kappa shape index (κ3) is 4.51. The zero-order valence-corrected chi connectivity index (χ0v) is 12.6. The van der Waals surface area contributed by atoms with Gasteiger partial charge in [-0.05, 0) is 24.6 Å². The van der Waals surface area contributed by atoms with Crippen molar-refractivity contribution in [3.05, 3.63) is 46.3 Å². The van der Waals surface area contributed by atoms with Crippen molar-refractivity contribution in [3.63, 3.8) is 0 Å². The smallest absolute Gasteiger partial charge is 0.227 e. The second-order valence-corrected chi connectivity index (χ2v) is 5.14. The van der Waals surface area contributed by atoms with Gasteiger partial charge in [0.2, 0.25) is 11.8 Å². The minimum Gasteiger partial charge on any atom is -0.387 e. The molecule has 22 heavy (non-hydrogen) atoms. The lowest BCUT2D eigenvalue weighted by molar-refractivity contribution is -0.121. The average molecular weight is 328 g/mol. The van der Waals surface area contributed by atoms with Gasteiger partial charge >= 0.3 is 0 Å². The molecule has 0 saturated carbocycles. The lowest BCUT2D eigenvalue weighted by atomic mass is 10.1. The molecule has 0 bridgehead atoms. The van der Waals surface area contributed by atoms with E-state index in [0.29, 0.717) is 23.7 Å². The van der Waals surface area contributed by atoms with Crippen molar-refractivity contribution < 1.29 is 18.8 Å². The predicted octanol–water partition coefficient (Wildman–Crippen LogP) is 1.95. The van der Waals surface area contributed by atoms with E-state index < -0.39 is 11.9 Å². The van der Waals surface area contributed by atoms with Crippen LogP contribution in [0.2, 0.25) is 5.02 Å². The molecule has 0 spiro atoms. The molecule has 2 aromatic rings. The van der Waals surface area contributed by atoms with E-state index in [9.17, 15) is 14.3 Å². The third-order valence-electron chi connectivity index (χ3n) is 2.96.